The Morgan fingerprint density at radius 3 is 2.81 bits per heavy atom. The zero-order valence-electron chi connectivity index (χ0n) is 14.9. The van der Waals surface area contributed by atoms with Crippen LogP contribution in [0.4, 0.5) is 5.95 Å². The van der Waals surface area contributed by atoms with Crippen molar-refractivity contribution in [1.29, 1.82) is 0 Å². The van der Waals surface area contributed by atoms with E-state index in [0.29, 0.717) is 29.6 Å². The highest BCUT2D eigenvalue weighted by Crippen LogP contribution is 2.32. The van der Waals surface area contributed by atoms with Crippen molar-refractivity contribution >= 4 is 11.9 Å². The average molecular weight is 366 g/mol. The number of nitrogens with one attached hydrogen (secondary N) is 1. The minimum Gasteiger partial charge on any atom is -0.454 e. The van der Waals surface area contributed by atoms with Crippen LogP contribution in [0.3, 0.4) is 0 Å². The molecule has 0 bridgehead atoms. The number of rotatable bonds is 4. The van der Waals surface area contributed by atoms with Gasteiger partial charge in [-0.15, -0.1) is 0 Å². The summed E-state index contributed by atoms with van der Waals surface area (Å²) in [5, 5.41) is 2.68. The van der Waals surface area contributed by atoms with Crippen molar-refractivity contribution in [1.82, 2.24) is 14.1 Å². The van der Waals surface area contributed by atoms with Gasteiger partial charge in [-0.1, -0.05) is 6.07 Å². The summed E-state index contributed by atoms with van der Waals surface area (Å²) in [7, 11) is 1.76. The predicted octanol–water partition coefficient (Wildman–Crippen LogP) is 1.92. The van der Waals surface area contributed by atoms with Crippen molar-refractivity contribution in [2.45, 2.75) is 13.5 Å². The van der Waals surface area contributed by atoms with Crippen molar-refractivity contribution in [2.75, 3.05) is 12.1 Å². The second kappa shape index (κ2) is 6.64. The third-order valence-electron chi connectivity index (χ3n) is 4.44. The number of ether oxygens (including phenoxy) is 2. The maximum atomic E-state index is 12.9. The Labute approximate surface area is 155 Å². The lowest BCUT2D eigenvalue weighted by Gasteiger charge is -2.11. The van der Waals surface area contributed by atoms with Gasteiger partial charge in [0.15, 0.2) is 11.5 Å². The molecule has 1 aliphatic rings. The van der Waals surface area contributed by atoms with Gasteiger partial charge in [-0.2, -0.15) is 0 Å². The molecule has 0 aliphatic carbocycles. The molecule has 4 rings (SSSR count). The lowest BCUT2D eigenvalue weighted by molar-refractivity contribution is 0.102. The average Bonchev–Trinajstić information content (AvgIpc) is 3.26. The number of carbonyl (C=O) groups excluding carboxylic acids is 1. The van der Waals surface area contributed by atoms with Gasteiger partial charge in [0.1, 0.15) is 5.56 Å². The number of imidazole rings is 1. The molecule has 1 N–H and O–H groups in total. The standard InChI is InChI=1S/C19H18N4O4/c1-12-5-7-23(10-13-3-4-14-15(9-13)27-11-26-14)18(25)16(12)17(24)21-19-20-6-8-22(19)2/h3-9H,10-11H2,1-2H3,(H,20,21,24). The number of aromatic nitrogens is 3. The van der Waals surface area contributed by atoms with E-state index >= 15 is 0 Å². The van der Waals surface area contributed by atoms with Crippen LogP contribution in [-0.2, 0) is 13.6 Å². The number of nitrogens with zero attached hydrogens (tertiary/aromatic N) is 3. The fraction of sp³-hybridized carbons (Fsp3) is 0.211. The summed E-state index contributed by atoms with van der Waals surface area (Å²) < 4.78 is 13.8. The molecule has 3 aromatic rings. The zero-order chi connectivity index (χ0) is 19.0. The Bertz CT molecular complexity index is 1080. The maximum Gasteiger partial charge on any atom is 0.263 e. The number of hydrogen-bond donors (Lipinski definition) is 1. The summed E-state index contributed by atoms with van der Waals surface area (Å²) >= 11 is 0. The van der Waals surface area contributed by atoms with E-state index in [1.54, 1.807) is 43.2 Å². The highest BCUT2D eigenvalue weighted by atomic mass is 16.7. The molecule has 2 aromatic heterocycles. The van der Waals surface area contributed by atoms with Gasteiger partial charge >= 0.3 is 0 Å². The van der Waals surface area contributed by atoms with E-state index in [-0.39, 0.29) is 17.9 Å². The normalized spacial score (nSPS) is 12.2. The topological polar surface area (TPSA) is 87.4 Å². The Morgan fingerprint density at radius 1 is 1.22 bits per heavy atom. The molecule has 1 aromatic carbocycles. The predicted molar refractivity (Wildman–Crippen MR) is 98.3 cm³/mol. The van der Waals surface area contributed by atoms with E-state index in [0.717, 1.165) is 5.56 Å². The molecule has 138 valence electrons. The van der Waals surface area contributed by atoms with E-state index in [1.165, 1.54) is 4.57 Å². The highest BCUT2D eigenvalue weighted by Gasteiger charge is 2.18. The second-order valence-electron chi connectivity index (χ2n) is 6.31. The second-order valence-corrected chi connectivity index (χ2v) is 6.31. The van der Waals surface area contributed by atoms with Crippen LogP contribution >= 0.6 is 0 Å². The first kappa shape index (κ1) is 16.9. The minimum atomic E-state index is -0.480. The number of hydrogen-bond acceptors (Lipinski definition) is 5. The van der Waals surface area contributed by atoms with Gasteiger partial charge in [0.25, 0.3) is 11.5 Å². The van der Waals surface area contributed by atoms with Gasteiger partial charge in [-0.3, -0.25) is 14.9 Å². The van der Waals surface area contributed by atoms with Gasteiger partial charge in [-0.05, 0) is 36.2 Å². The first-order chi connectivity index (χ1) is 13.0. The molecule has 8 heteroatoms. The number of anilines is 1. The van der Waals surface area contributed by atoms with E-state index in [2.05, 4.69) is 10.3 Å². The molecule has 1 aliphatic heterocycles. The van der Waals surface area contributed by atoms with Crippen molar-refractivity contribution < 1.29 is 14.3 Å². The molecule has 0 radical (unpaired) electrons. The zero-order valence-corrected chi connectivity index (χ0v) is 14.9. The molecule has 3 heterocycles. The number of fused-ring (bicyclic) bond motifs is 1. The fourth-order valence-corrected chi connectivity index (χ4v) is 2.95. The summed E-state index contributed by atoms with van der Waals surface area (Å²) in [6, 6.07) is 7.27. The van der Waals surface area contributed by atoms with Gasteiger partial charge in [0.05, 0.1) is 6.54 Å². The summed E-state index contributed by atoms with van der Waals surface area (Å²) in [5.41, 5.74) is 1.22. The first-order valence-electron chi connectivity index (χ1n) is 8.40. The number of aryl methyl sites for hydroxylation is 2. The number of pyridine rings is 1. The van der Waals surface area contributed by atoms with Gasteiger partial charge in [0, 0.05) is 25.6 Å². The van der Waals surface area contributed by atoms with Crippen LogP contribution in [0.15, 0.2) is 47.7 Å². The monoisotopic (exact) mass is 366 g/mol. The molecule has 8 nitrogen and oxygen atoms in total. The number of carbonyl (C=O) groups is 1. The van der Waals surface area contributed by atoms with Crippen LogP contribution < -0.4 is 20.3 Å². The quantitative estimate of drug-likeness (QED) is 0.762. The summed E-state index contributed by atoms with van der Waals surface area (Å²) in [6.07, 6.45) is 4.97. The number of amides is 1. The summed E-state index contributed by atoms with van der Waals surface area (Å²) in [5.74, 6) is 1.24. The summed E-state index contributed by atoms with van der Waals surface area (Å²) in [6.45, 7) is 2.25. The lowest BCUT2D eigenvalue weighted by atomic mass is 10.1. The van der Waals surface area contributed by atoms with Crippen molar-refractivity contribution in [2.24, 2.45) is 7.05 Å². The number of benzene rings is 1. The summed E-state index contributed by atoms with van der Waals surface area (Å²) in [4.78, 5) is 29.6. The van der Waals surface area contributed by atoms with E-state index < -0.39 is 5.91 Å². The molecule has 0 spiro atoms. The molecule has 1 amide bonds. The third-order valence-corrected chi connectivity index (χ3v) is 4.44. The van der Waals surface area contributed by atoms with Gasteiger partial charge in [-0.25, -0.2) is 4.98 Å². The molecule has 0 saturated heterocycles. The molecule has 0 saturated carbocycles. The van der Waals surface area contributed by atoms with E-state index in [9.17, 15) is 9.59 Å². The lowest BCUT2D eigenvalue weighted by Crippen LogP contribution is -2.31. The highest BCUT2D eigenvalue weighted by molar-refractivity contribution is 6.04. The van der Waals surface area contributed by atoms with E-state index in [4.69, 9.17) is 9.47 Å². The smallest absolute Gasteiger partial charge is 0.263 e. The molecule has 27 heavy (non-hydrogen) atoms. The Kier molecular flexibility index (Phi) is 4.15. The molecule has 0 fully saturated rings. The third kappa shape index (κ3) is 3.17. The first-order valence-corrected chi connectivity index (χ1v) is 8.40. The maximum absolute atomic E-state index is 12.9. The van der Waals surface area contributed by atoms with Gasteiger partial charge < -0.3 is 18.6 Å². The van der Waals surface area contributed by atoms with E-state index in [1.807, 2.05) is 18.2 Å². The van der Waals surface area contributed by atoms with Crippen LogP contribution in [-0.4, -0.2) is 26.8 Å². The Balaban J connectivity index is 1.63. The molecule has 0 atom stereocenters. The Hall–Kier alpha value is -3.55. The van der Waals surface area contributed by atoms with Crippen LogP contribution in [0, 0.1) is 6.92 Å². The van der Waals surface area contributed by atoms with Crippen LogP contribution in [0.1, 0.15) is 21.5 Å². The van der Waals surface area contributed by atoms with Crippen molar-refractivity contribution in [3.05, 3.63) is 69.9 Å². The van der Waals surface area contributed by atoms with Crippen LogP contribution in [0.5, 0.6) is 11.5 Å². The van der Waals surface area contributed by atoms with Crippen LogP contribution in [0.2, 0.25) is 0 Å². The van der Waals surface area contributed by atoms with Gasteiger partial charge in [0.2, 0.25) is 12.7 Å². The van der Waals surface area contributed by atoms with Crippen molar-refractivity contribution in [3.63, 3.8) is 0 Å². The van der Waals surface area contributed by atoms with Crippen molar-refractivity contribution in [3.8, 4) is 11.5 Å². The fourth-order valence-electron chi connectivity index (χ4n) is 2.95. The SMILES string of the molecule is Cc1ccn(Cc2ccc3c(c2)OCO3)c(=O)c1C(=O)Nc1nccn1C. The minimum absolute atomic E-state index is 0.0984. The molecule has 0 unspecified atom stereocenters. The van der Waals surface area contributed by atoms with Crippen LogP contribution in [0.25, 0.3) is 0 Å². The Morgan fingerprint density at radius 2 is 2.04 bits per heavy atom. The molecular weight excluding hydrogens is 348 g/mol. The largest absolute Gasteiger partial charge is 0.454 e. The molecular formula is C19H18N4O4.